The third-order valence-electron chi connectivity index (χ3n) is 3.90. The normalized spacial score (nSPS) is 33.4. The lowest BCUT2D eigenvalue weighted by molar-refractivity contribution is -0.0487. The maximum Gasteiger partial charge on any atom is 0.0675 e. The molecule has 2 heterocycles. The lowest BCUT2D eigenvalue weighted by atomic mass is 9.92. The maximum absolute atomic E-state index is 5.55. The molecule has 0 bridgehead atoms. The Hall–Kier alpha value is -0.120. The van der Waals surface area contributed by atoms with Crippen molar-refractivity contribution in [1.29, 1.82) is 0 Å². The number of hydrogen-bond donors (Lipinski definition) is 1. The Kier molecular flexibility index (Phi) is 3.10. The molecule has 0 amide bonds. The average Bonchev–Trinajstić information content (AvgIpc) is 2.72. The highest BCUT2D eigenvalue weighted by atomic mass is 16.5. The standard InChI is InChI=1S/C11H22N2O/c1-11(14-2)4-7-13(8-5-11)10-3-6-12-9-10/h10,12H,3-9H2,1-2H3. The first-order valence-electron chi connectivity index (χ1n) is 5.73. The largest absolute Gasteiger partial charge is 0.378 e. The highest BCUT2D eigenvalue weighted by molar-refractivity contribution is 4.88. The van der Waals surface area contributed by atoms with E-state index in [1.54, 1.807) is 0 Å². The molecule has 1 unspecified atom stereocenters. The van der Waals surface area contributed by atoms with Crippen molar-refractivity contribution in [3.8, 4) is 0 Å². The molecule has 2 aliphatic heterocycles. The Morgan fingerprint density at radius 1 is 1.36 bits per heavy atom. The predicted octanol–water partition coefficient (Wildman–Crippen LogP) is 0.849. The number of piperidine rings is 1. The second kappa shape index (κ2) is 4.17. The number of nitrogens with one attached hydrogen (secondary N) is 1. The van der Waals surface area contributed by atoms with Crippen LogP contribution >= 0.6 is 0 Å². The van der Waals surface area contributed by atoms with Crippen molar-refractivity contribution in [3.63, 3.8) is 0 Å². The lowest BCUT2D eigenvalue weighted by Crippen LogP contribution is -2.48. The van der Waals surface area contributed by atoms with Gasteiger partial charge in [0.25, 0.3) is 0 Å². The van der Waals surface area contributed by atoms with E-state index in [2.05, 4.69) is 17.1 Å². The summed E-state index contributed by atoms with van der Waals surface area (Å²) in [5, 5.41) is 3.43. The van der Waals surface area contributed by atoms with Gasteiger partial charge in [0, 0.05) is 32.8 Å². The van der Waals surface area contributed by atoms with Crippen molar-refractivity contribution in [2.75, 3.05) is 33.3 Å². The van der Waals surface area contributed by atoms with Crippen LogP contribution in [0.4, 0.5) is 0 Å². The summed E-state index contributed by atoms with van der Waals surface area (Å²) in [5.74, 6) is 0. The summed E-state index contributed by atoms with van der Waals surface area (Å²) in [7, 11) is 1.84. The Morgan fingerprint density at radius 2 is 2.07 bits per heavy atom. The van der Waals surface area contributed by atoms with E-state index in [4.69, 9.17) is 4.74 Å². The number of hydrogen-bond acceptors (Lipinski definition) is 3. The van der Waals surface area contributed by atoms with Crippen LogP contribution in [-0.2, 0) is 4.74 Å². The van der Waals surface area contributed by atoms with Gasteiger partial charge < -0.3 is 10.1 Å². The number of methoxy groups -OCH3 is 1. The van der Waals surface area contributed by atoms with Crippen LogP contribution in [0.3, 0.4) is 0 Å². The first-order valence-corrected chi connectivity index (χ1v) is 5.73. The minimum Gasteiger partial charge on any atom is -0.378 e. The van der Waals surface area contributed by atoms with Crippen LogP contribution < -0.4 is 5.32 Å². The van der Waals surface area contributed by atoms with Gasteiger partial charge in [0.1, 0.15) is 0 Å². The molecule has 0 aromatic carbocycles. The second-order valence-corrected chi connectivity index (χ2v) is 4.84. The Labute approximate surface area is 86.8 Å². The fourth-order valence-electron chi connectivity index (χ4n) is 2.52. The minimum atomic E-state index is 0.141. The van der Waals surface area contributed by atoms with Crippen LogP contribution in [0, 0.1) is 0 Å². The second-order valence-electron chi connectivity index (χ2n) is 4.84. The Bertz CT molecular complexity index is 182. The van der Waals surface area contributed by atoms with Gasteiger partial charge in [0.05, 0.1) is 5.60 Å². The first-order chi connectivity index (χ1) is 6.73. The van der Waals surface area contributed by atoms with Gasteiger partial charge >= 0.3 is 0 Å². The van der Waals surface area contributed by atoms with Gasteiger partial charge in [0.15, 0.2) is 0 Å². The molecule has 0 radical (unpaired) electrons. The number of rotatable bonds is 2. The maximum atomic E-state index is 5.55. The molecule has 2 aliphatic rings. The van der Waals surface area contributed by atoms with Crippen LogP contribution in [0.1, 0.15) is 26.2 Å². The van der Waals surface area contributed by atoms with Gasteiger partial charge in [-0.15, -0.1) is 0 Å². The van der Waals surface area contributed by atoms with Crippen molar-refractivity contribution in [2.45, 2.75) is 37.8 Å². The van der Waals surface area contributed by atoms with E-state index in [1.807, 2.05) is 7.11 Å². The third kappa shape index (κ3) is 2.10. The summed E-state index contributed by atoms with van der Waals surface area (Å²) in [5.41, 5.74) is 0.141. The van der Waals surface area contributed by atoms with E-state index < -0.39 is 0 Å². The van der Waals surface area contributed by atoms with Crippen molar-refractivity contribution in [2.24, 2.45) is 0 Å². The lowest BCUT2D eigenvalue weighted by Gasteiger charge is -2.40. The van der Waals surface area contributed by atoms with Crippen LogP contribution in [0.25, 0.3) is 0 Å². The Balaban J connectivity index is 1.83. The first kappa shape index (κ1) is 10.4. The van der Waals surface area contributed by atoms with E-state index in [-0.39, 0.29) is 5.60 Å². The molecule has 3 nitrogen and oxygen atoms in total. The summed E-state index contributed by atoms with van der Waals surface area (Å²) in [6.45, 7) is 7.02. The van der Waals surface area contributed by atoms with E-state index >= 15 is 0 Å². The van der Waals surface area contributed by atoms with Crippen LogP contribution in [0.15, 0.2) is 0 Å². The zero-order valence-corrected chi connectivity index (χ0v) is 9.38. The molecule has 0 aromatic heterocycles. The zero-order chi connectivity index (χ0) is 10.0. The van der Waals surface area contributed by atoms with Gasteiger partial charge in [-0.2, -0.15) is 0 Å². The quantitative estimate of drug-likeness (QED) is 0.712. The molecule has 1 atom stereocenters. The SMILES string of the molecule is COC1(C)CCN(C2CCNC2)CC1. The van der Waals surface area contributed by atoms with Gasteiger partial charge in [-0.25, -0.2) is 0 Å². The van der Waals surface area contributed by atoms with Crippen LogP contribution in [0.2, 0.25) is 0 Å². The van der Waals surface area contributed by atoms with Gasteiger partial charge in [-0.3, -0.25) is 4.90 Å². The zero-order valence-electron chi connectivity index (χ0n) is 9.38. The van der Waals surface area contributed by atoms with E-state index in [0.29, 0.717) is 0 Å². The van der Waals surface area contributed by atoms with Crippen molar-refractivity contribution in [1.82, 2.24) is 10.2 Å². The van der Waals surface area contributed by atoms with E-state index in [9.17, 15) is 0 Å². The van der Waals surface area contributed by atoms with Crippen molar-refractivity contribution >= 4 is 0 Å². The molecule has 0 aromatic rings. The molecular weight excluding hydrogens is 176 g/mol. The molecule has 2 saturated heterocycles. The highest BCUT2D eigenvalue weighted by Crippen LogP contribution is 2.26. The van der Waals surface area contributed by atoms with E-state index in [0.717, 1.165) is 6.04 Å². The molecule has 1 N–H and O–H groups in total. The summed E-state index contributed by atoms with van der Waals surface area (Å²) in [6.07, 6.45) is 3.68. The summed E-state index contributed by atoms with van der Waals surface area (Å²) >= 11 is 0. The van der Waals surface area contributed by atoms with Gasteiger partial charge in [-0.05, 0) is 32.7 Å². The third-order valence-corrected chi connectivity index (χ3v) is 3.90. The fraction of sp³-hybridized carbons (Fsp3) is 1.00. The summed E-state index contributed by atoms with van der Waals surface area (Å²) < 4.78 is 5.55. The molecule has 2 rings (SSSR count). The average molecular weight is 198 g/mol. The molecule has 2 fully saturated rings. The number of ether oxygens (including phenoxy) is 1. The van der Waals surface area contributed by atoms with Crippen molar-refractivity contribution in [3.05, 3.63) is 0 Å². The molecule has 0 spiro atoms. The fourth-order valence-corrected chi connectivity index (χ4v) is 2.52. The number of nitrogens with zero attached hydrogens (tertiary/aromatic N) is 1. The topological polar surface area (TPSA) is 24.5 Å². The van der Waals surface area contributed by atoms with Crippen LogP contribution in [0.5, 0.6) is 0 Å². The number of likely N-dealkylation sites (tertiary alicyclic amines) is 1. The van der Waals surface area contributed by atoms with Gasteiger partial charge in [-0.1, -0.05) is 0 Å². The highest BCUT2D eigenvalue weighted by Gasteiger charge is 2.33. The summed E-state index contributed by atoms with van der Waals surface area (Å²) in [4.78, 5) is 2.63. The van der Waals surface area contributed by atoms with Crippen LogP contribution in [-0.4, -0.2) is 49.8 Å². The summed E-state index contributed by atoms with van der Waals surface area (Å²) in [6, 6.07) is 0.788. The molecule has 14 heavy (non-hydrogen) atoms. The van der Waals surface area contributed by atoms with E-state index in [1.165, 1.54) is 45.4 Å². The monoisotopic (exact) mass is 198 g/mol. The van der Waals surface area contributed by atoms with Gasteiger partial charge in [0.2, 0.25) is 0 Å². The Morgan fingerprint density at radius 3 is 2.57 bits per heavy atom. The van der Waals surface area contributed by atoms with Crippen molar-refractivity contribution < 1.29 is 4.74 Å². The smallest absolute Gasteiger partial charge is 0.0675 e. The molecule has 0 saturated carbocycles. The molecule has 82 valence electrons. The molecular formula is C11H22N2O. The minimum absolute atomic E-state index is 0.141. The molecule has 3 heteroatoms. The predicted molar refractivity (Wildman–Crippen MR) is 57.5 cm³/mol. The molecule has 0 aliphatic carbocycles.